The molecule has 1 heterocycles. The number of likely N-dealkylation sites (tertiary alicyclic amines) is 1. The quantitative estimate of drug-likeness (QED) is 0.419. The highest BCUT2D eigenvalue weighted by molar-refractivity contribution is 6.07. The maximum Gasteiger partial charge on any atom is 0.325 e. The normalized spacial score (nSPS) is 36.7. The first-order valence-electron chi connectivity index (χ1n) is 10.9. The SMILES string of the molecule is CCC12CC3C(=O)N(CC(=O)OC)C(=O)C3CC1CCC1=C2CCCC1(C)C. The molecule has 0 N–H and O–H groups in total. The minimum absolute atomic E-state index is 0.0592. The van der Waals surface area contributed by atoms with Gasteiger partial charge in [-0.2, -0.15) is 0 Å². The molecule has 5 nitrogen and oxygen atoms in total. The van der Waals surface area contributed by atoms with Gasteiger partial charge in [0.2, 0.25) is 11.8 Å². The zero-order valence-corrected chi connectivity index (χ0v) is 17.7. The molecular weight excluding hydrogens is 354 g/mol. The Labute approximate surface area is 167 Å². The van der Waals surface area contributed by atoms with E-state index in [1.807, 2.05) is 0 Å². The van der Waals surface area contributed by atoms with Crippen LogP contribution in [-0.2, 0) is 19.1 Å². The van der Waals surface area contributed by atoms with Crippen LogP contribution in [0.15, 0.2) is 11.1 Å². The highest BCUT2D eigenvalue weighted by Crippen LogP contribution is 2.63. The Kier molecular flexibility index (Phi) is 4.71. The van der Waals surface area contributed by atoms with E-state index in [-0.39, 0.29) is 41.0 Å². The van der Waals surface area contributed by atoms with E-state index in [9.17, 15) is 14.4 Å². The molecule has 0 aromatic carbocycles. The van der Waals surface area contributed by atoms with Crippen molar-refractivity contribution in [3.8, 4) is 0 Å². The number of hydrogen-bond donors (Lipinski definition) is 0. The van der Waals surface area contributed by atoms with Crippen LogP contribution < -0.4 is 0 Å². The number of amides is 2. The Bertz CT molecular complexity index is 752. The fourth-order valence-corrected chi connectivity index (χ4v) is 6.97. The van der Waals surface area contributed by atoms with Gasteiger partial charge >= 0.3 is 5.97 Å². The van der Waals surface area contributed by atoms with Gasteiger partial charge in [-0.05, 0) is 68.1 Å². The number of carbonyl (C=O) groups is 3. The van der Waals surface area contributed by atoms with E-state index < -0.39 is 5.97 Å². The Hall–Kier alpha value is -1.65. The molecule has 0 aromatic rings. The standard InChI is InChI=1S/C23H33NO4/c1-5-23-12-16-15(20(26)24(21(16)27)13-19(25)28-4)11-14(23)8-9-17-18(23)7-6-10-22(17,2)3/h14-16H,5-13H2,1-4H3. The Morgan fingerprint density at radius 3 is 2.54 bits per heavy atom. The van der Waals surface area contributed by atoms with Crippen LogP contribution in [0.2, 0.25) is 0 Å². The van der Waals surface area contributed by atoms with Gasteiger partial charge in [-0.3, -0.25) is 19.3 Å². The first-order chi connectivity index (χ1) is 13.2. The van der Waals surface area contributed by atoms with Crippen LogP contribution in [0.3, 0.4) is 0 Å². The Morgan fingerprint density at radius 1 is 1.14 bits per heavy atom. The maximum absolute atomic E-state index is 13.1. The molecule has 3 aliphatic carbocycles. The Balaban J connectivity index is 1.70. The second-order valence-electron chi connectivity index (χ2n) is 9.93. The summed E-state index contributed by atoms with van der Waals surface area (Å²) < 4.78 is 4.70. The van der Waals surface area contributed by atoms with E-state index in [2.05, 4.69) is 20.8 Å². The number of imide groups is 1. The number of carbonyl (C=O) groups excluding carboxylic acids is 3. The van der Waals surface area contributed by atoms with Gasteiger partial charge in [0.15, 0.2) is 0 Å². The lowest BCUT2D eigenvalue weighted by molar-refractivity contribution is -0.151. The number of allylic oxidation sites excluding steroid dienone is 2. The zero-order valence-electron chi connectivity index (χ0n) is 17.7. The predicted molar refractivity (Wildman–Crippen MR) is 105 cm³/mol. The third-order valence-electron chi connectivity index (χ3n) is 8.46. The van der Waals surface area contributed by atoms with Crippen molar-refractivity contribution in [3.05, 3.63) is 11.1 Å². The molecule has 4 unspecified atom stereocenters. The van der Waals surface area contributed by atoms with Crippen molar-refractivity contribution in [2.75, 3.05) is 13.7 Å². The van der Waals surface area contributed by atoms with E-state index in [0.29, 0.717) is 5.92 Å². The van der Waals surface area contributed by atoms with Crippen molar-refractivity contribution in [2.45, 2.75) is 72.1 Å². The number of methoxy groups -OCH3 is 1. The van der Waals surface area contributed by atoms with Crippen LogP contribution in [0.25, 0.3) is 0 Å². The molecule has 0 spiro atoms. The molecule has 1 saturated heterocycles. The molecule has 2 fully saturated rings. The number of hydrogen-bond acceptors (Lipinski definition) is 4. The van der Waals surface area contributed by atoms with E-state index >= 15 is 0 Å². The van der Waals surface area contributed by atoms with Crippen LogP contribution in [0, 0.1) is 28.6 Å². The summed E-state index contributed by atoms with van der Waals surface area (Å²) in [6, 6.07) is 0. The second-order valence-corrected chi connectivity index (χ2v) is 9.93. The molecule has 1 aliphatic heterocycles. The second kappa shape index (κ2) is 6.70. The molecule has 28 heavy (non-hydrogen) atoms. The number of nitrogens with zero attached hydrogens (tertiary/aromatic N) is 1. The molecular formula is C23H33NO4. The highest BCUT2D eigenvalue weighted by Gasteiger charge is 2.59. The van der Waals surface area contributed by atoms with E-state index in [4.69, 9.17) is 4.74 Å². The Morgan fingerprint density at radius 2 is 1.86 bits per heavy atom. The van der Waals surface area contributed by atoms with E-state index in [1.165, 1.54) is 24.9 Å². The summed E-state index contributed by atoms with van der Waals surface area (Å²) in [4.78, 5) is 38.9. The summed E-state index contributed by atoms with van der Waals surface area (Å²) in [5.41, 5.74) is 3.57. The van der Waals surface area contributed by atoms with Crippen molar-refractivity contribution >= 4 is 17.8 Å². The molecule has 2 amide bonds. The topological polar surface area (TPSA) is 63.7 Å². The van der Waals surface area contributed by atoms with Crippen molar-refractivity contribution < 1.29 is 19.1 Å². The minimum atomic E-state index is -0.526. The van der Waals surface area contributed by atoms with E-state index in [1.54, 1.807) is 11.1 Å². The lowest BCUT2D eigenvalue weighted by Gasteiger charge is -2.55. The monoisotopic (exact) mass is 387 g/mol. The van der Waals surface area contributed by atoms with Gasteiger partial charge in [0.1, 0.15) is 6.54 Å². The van der Waals surface area contributed by atoms with Gasteiger partial charge < -0.3 is 4.74 Å². The number of rotatable bonds is 3. The molecule has 0 radical (unpaired) electrons. The van der Waals surface area contributed by atoms with Gasteiger partial charge in [0.05, 0.1) is 18.9 Å². The number of fused-ring (bicyclic) bond motifs is 3. The fourth-order valence-electron chi connectivity index (χ4n) is 6.97. The highest BCUT2D eigenvalue weighted by atomic mass is 16.5. The smallest absolute Gasteiger partial charge is 0.325 e. The van der Waals surface area contributed by atoms with Crippen LogP contribution in [0.1, 0.15) is 72.1 Å². The average Bonchev–Trinajstić information content (AvgIpc) is 2.90. The van der Waals surface area contributed by atoms with Crippen LogP contribution in [0.5, 0.6) is 0 Å². The number of ether oxygens (including phenoxy) is 1. The van der Waals surface area contributed by atoms with Crippen molar-refractivity contribution in [1.29, 1.82) is 0 Å². The summed E-state index contributed by atoms with van der Waals surface area (Å²) in [6.45, 7) is 6.77. The third kappa shape index (κ3) is 2.68. The van der Waals surface area contributed by atoms with Crippen molar-refractivity contribution in [1.82, 2.24) is 4.90 Å². The van der Waals surface area contributed by atoms with Crippen molar-refractivity contribution in [2.24, 2.45) is 28.6 Å². The van der Waals surface area contributed by atoms with Crippen LogP contribution in [0.4, 0.5) is 0 Å². The van der Waals surface area contributed by atoms with Gasteiger partial charge in [0.25, 0.3) is 0 Å². The lowest BCUT2D eigenvalue weighted by Crippen LogP contribution is -2.47. The van der Waals surface area contributed by atoms with Crippen LogP contribution >= 0.6 is 0 Å². The summed E-state index contributed by atoms with van der Waals surface area (Å²) in [5, 5.41) is 0. The summed E-state index contributed by atoms with van der Waals surface area (Å²) >= 11 is 0. The molecule has 5 heteroatoms. The number of esters is 1. The molecule has 4 atom stereocenters. The zero-order chi connectivity index (χ0) is 20.3. The molecule has 154 valence electrons. The van der Waals surface area contributed by atoms with Gasteiger partial charge in [-0.1, -0.05) is 31.9 Å². The first kappa shape index (κ1) is 19.7. The third-order valence-corrected chi connectivity index (χ3v) is 8.46. The van der Waals surface area contributed by atoms with Crippen LogP contribution in [-0.4, -0.2) is 36.3 Å². The lowest BCUT2D eigenvalue weighted by atomic mass is 9.48. The first-order valence-corrected chi connectivity index (χ1v) is 10.9. The van der Waals surface area contributed by atoms with Gasteiger partial charge in [-0.25, -0.2) is 0 Å². The van der Waals surface area contributed by atoms with E-state index in [0.717, 1.165) is 38.5 Å². The summed E-state index contributed by atoms with van der Waals surface area (Å²) in [6.07, 6.45) is 8.47. The van der Waals surface area contributed by atoms with Crippen molar-refractivity contribution in [3.63, 3.8) is 0 Å². The average molecular weight is 388 g/mol. The summed E-state index contributed by atoms with van der Waals surface area (Å²) in [5.74, 6) is -0.891. The molecule has 4 aliphatic rings. The predicted octanol–water partition coefficient (Wildman–Crippen LogP) is 3.87. The minimum Gasteiger partial charge on any atom is -0.468 e. The molecule has 1 saturated carbocycles. The molecule has 0 aromatic heterocycles. The van der Waals surface area contributed by atoms with Gasteiger partial charge in [-0.15, -0.1) is 0 Å². The van der Waals surface area contributed by atoms with Gasteiger partial charge in [0, 0.05) is 0 Å². The summed E-state index contributed by atoms with van der Waals surface area (Å²) in [7, 11) is 1.29. The molecule has 0 bridgehead atoms. The maximum atomic E-state index is 13.1. The largest absolute Gasteiger partial charge is 0.468 e. The molecule has 4 rings (SSSR count). The fraction of sp³-hybridized carbons (Fsp3) is 0.783.